The Morgan fingerprint density at radius 3 is 2.79 bits per heavy atom. The molecule has 2 nitrogen and oxygen atoms in total. The van der Waals surface area contributed by atoms with Crippen molar-refractivity contribution in [2.24, 2.45) is 0 Å². The van der Waals surface area contributed by atoms with Gasteiger partial charge in [0.2, 0.25) is 0 Å². The number of benzene rings is 1. The largest absolute Gasteiger partial charge is 0.392 e. The normalized spacial score (nSPS) is 10.2. The lowest BCUT2D eigenvalue weighted by molar-refractivity contribution is -0.116. The van der Waals surface area contributed by atoms with Gasteiger partial charge in [-0.3, -0.25) is 0 Å². The van der Waals surface area contributed by atoms with Crippen molar-refractivity contribution in [2.75, 3.05) is 0 Å². The molecule has 0 aliphatic carbocycles. The van der Waals surface area contributed by atoms with Gasteiger partial charge in [0.1, 0.15) is 5.78 Å². The number of hydrogen-bond acceptors (Lipinski definition) is 2. The zero-order valence-electron chi connectivity index (χ0n) is 8.09. The molecule has 0 heterocycles. The van der Waals surface area contributed by atoms with Crippen molar-refractivity contribution in [3.63, 3.8) is 0 Å². The zero-order chi connectivity index (χ0) is 10.6. The van der Waals surface area contributed by atoms with Crippen LogP contribution in [0.1, 0.15) is 24.5 Å². The summed E-state index contributed by atoms with van der Waals surface area (Å²) in [5.74, 6) is 0.172. The fourth-order valence-corrected chi connectivity index (χ4v) is 1.40. The average Bonchev–Trinajstić information content (AvgIpc) is 2.16. The Morgan fingerprint density at radius 1 is 1.50 bits per heavy atom. The molecule has 0 unspecified atom stereocenters. The molecule has 3 heteroatoms. The van der Waals surface area contributed by atoms with Gasteiger partial charge in [-0.15, -0.1) is 0 Å². The smallest absolute Gasteiger partial charge is 0.130 e. The Balaban J connectivity index is 2.74. The Labute approximate surface area is 88.5 Å². The number of rotatable bonds is 4. The lowest BCUT2D eigenvalue weighted by atomic mass is 10.1. The van der Waals surface area contributed by atoms with Crippen LogP contribution in [0, 0.1) is 0 Å². The van der Waals surface area contributed by atoms with Crippen LogP contribution < -0.4 is 0 Å². The van der Waals surface area contributed by atoms with Gasteiger partial charge in [-0.25, -0.2) is 0 Å². The van der Waals surface area contributed by atoms with Crippen LogP contribution in [0.5, 0.6) is 0 Å². The van der Waals surface area contributed by atoms with Crippen LogP contribution in [0.4, 0.5) is 0 Å². The van der Waals surface area contributed by atoms with Crippen molar-refractivity contribution in [3.05, 3.63) is 34.3 Å². The number of carbonyl (C=O) groups is 1. The molecule has 0 aliphatic heterocycles. The molecule has 0 saturated heterocycles. The predicted molar refractivity (Wildman–Crippen MR) is 56.4 cm³/mol. The molecule has 76 valence electrons. The summed E-state index contributed by atoms with van der Waals surface area (Å²) in [6.07, 6.45) is 1.24. The summed E-state index contributed by atoms with van der Waals surface area (Å²) in [7, 11) is 0. The van der Waals surface area contributed by atoms with E-state index in [4.69, 9.17) is 16.7 Å². The Bertz CT molecular complexity index is 334. The minimum atomic E-state index is -0.0628. The number of Topliss-reactive ketones (excluding diaryl/α,β-unsaturated/α-hetero) is 1. The molecule has 14 heavy (non-hydrogen) atoms. The molecule has 0 aliphatic rings. The third-order valence-corrected chi connectivity index (χ3v) is 2.41. The fraction of sp³-hybridized carbons (Fsp3) is 0.364. The molecule has 0 spiro atoms. The second-order valence-corrected chi connectivity index (χ2v) is 3.69. The van der Waals surface area contributed by atoms with Crippen LogP contribution in [0.2, 0.25) is 5.02 Å². The molecule has 0 fully saturated rings. The van der Waals surface area contributed by atoms with Gasteiger partial charge >= 0.3 is 0 Å². The number of hydrogen-bond donors (Lipinski definition) is 1. The summed E-state index contributed by atoms with van der Waals surface area (Å²) in [6, 6.07) is 5.47. The fourth-order valence-electron chi connectivity index (χ4n) is 1.23. The number of aliphatic hydroxyl groups excluding tert-OH is 1. The molecule has 0 atom stereocenters. The van der Waals surface area contributed by atoms with Crippen molar-refractivity contribution in [3.8, 4) is 0 Å². The maximum absolute atomic E-state index is 10.8. The lowest BCUT2D eigenvalue weighted by Crippen LogP contribution is -1.95. The molecule has 0 aromatic heterocycles. The van der Waals surface area contributed by atoms with Crippen molar-refractivity contribution >= 4 is 17.4 Å². The zero-order valence-corrected chi connectivity index (χ0v) is 8.84. The highest BCUT2D eigenvalue weighted by Crippen LogP contribution is 2.18. The average molecular weight is 213 g/mol. The summed E-state index contributed by atoms with van der Waals surface area (Å²) in [4.78, 5) is 10.8. The highest BCUT2D eigenvalue weighted by Gasteiger charge is 2.02. The van der Waals surface area contributed by atoms with Crippen LogP contribution >= 0.6 is 11.6 Å². The van der Waals surface area contributed by atoms with E-state index in [0.29, 0.717) is 23.4 Å². The van der Waals surface area contributed by atoms with Gasteiger partial charge in [0.25, 0.3) is 0 Å². The quantitative estimate of drug-likeness (QED) is 0.832. The van der Waals surface area contributed by atoms with E-state index in [2.05, 4.69) is 0 Å². The highest BCUT2D eigenvalue weighted by molar-refractivity contribution is 6.31. The van der Waals surface area contributed by atoms with Gasteiger partial charge in [0.15, 0.2) is 0 Å². The molecule has 0 saturated carbocycles. The second kappa shape index (κ2) is 5.13. The SMILES string of the molecule is CC(=O)CCc1ccc(Cl)c(CO)c1. The van der Waals surface area contributed by atoms with Crippen LogP contribution in [0.25, 0.3) is 0 Å². The van der Waals surface area contributed by atoms with E-state index in [1.165, 1.54) is 0 Å². The Hall–Kier alpha value is -0.860. The standard InChI is InChI=1S/C11H13ClO2/c1-8(14)2-3-9-4-5-11(12)10(6-9)7-13/h4-6,13H,2-3,7H2,1H3. The second-order valence-electron chi connectivity index (χ2n) is 3.29. The number of aryl methyl sites for hydroxylation is 1. The molecule has 0 radical (unpaired) electrons. The Kier molecular flexibility index (Phi) is 4.11. The molecule has 1 aromatic rings. The van der Waals surface area contributed by atoms with Crippen LogP contribution in [-0.4, -0.2) is 10.9 Å². The first-order valence-corrected chi connectivity index (χ1v) is 4.89. The van der Waals surface area contributed by atoms with E-state index in [1.54, 1.807) is 13.0 Å². The van der Waals surface area contributed by atoms with Gasteiger partial charge in [0, 0.05) is 11.4 Å². The van der Waals surface area contributed by atoms with Gasteiger partial charge in [0.05, 0.1) is 6.61 Å². The van der Waals surface area contributed by atoms with E-state index < -0.39 is 0 Å². The maximum Gasteiger partial charge on any atom is 0.130 e. The van der Waals surface area contributed by atoms with Crippen molar-refractivity contribution in [1.82, 2.24) is 0 Å². The van der Waals surface area contributed by atoms with E-state index in [-0.39, 0.29) is 12.4 Å². The summed E-state index contributed by atoms with van der Waals surface area (Å²) in [5, 5.41) is 9.54. The summed E-state index contributed by atoms with van der Waals surface area (Å²) < 4.78 is 0. The molecular weight excluding hydrogens is 200 g/mol. The lowest BCUT2D eigenvalue weighted by Gasteiger charge is -2.04. The maximum atomic E-state index is 10.8. The van der Waals surface area contributed by atoms with E-state index >= 15 is 0 Å². The van der Waals surface area contributed by atoms with Crippen molar-refractivity contribution < 1.29 is 9.90 Å². The van der Waals surface area contributed by atoms with Gasteiger partial charge in [-0.05, 0) is 30.5 Å². The van der Waals surface area contributed by atoms with E-state index in [9.17, 15) is 4.79 Å². The molecule has 0 amide bonds. The van der Waals surface area contributed by atoms with E-state index in [1.807, 2.05) is 12.1 Å². The molecule has 1 aromatic carbocycles. The first-order valence-electron chi connectivity index (χ1n) is 4.51. The first-order chi connectivity index (χ1) is 6.63. The van der Waals surface area contributed by atoms with E-state index in [0.717, 1.165) is 5.56 Å². The number of aliphatic hydroxyl groups is 1. The van der Waals surface area contributed by atoms with Gasteiger partial charge < -0.3 is 9.90 Å². The summed E-state index contributed by atoms with van der Waals surface area (Å²) in [6.45, 7) is 1.51. The molecule has 1 N–H and O–H groups in total. The highest BCUT2D eigenvalue weighted by atomic mass is 35.5. The Morgan fingerprint density at radius 2 is 2.21 bits per heavy atom. The molecular formula is C11H13ClO2. The minimum Gasteiger partial charge on any atom is -0.392 e. The minimum absolute atomic E-state index is 0.0628. The first kappa shape index (κ1) is 11.2. The number of ketones is 1. The summed E-state index contributed by atoms with van der Waals surface area (Å²) in [5.41, 5.74) is 1.75. The number of carbonyl (C=O) groups excluding carboxylic acids is 1. The van der Waals surface area contributed by atoms with Crippen molar-refractivity contribution in [1.29, 1.82) is 0 Å². The van der Waals surface area contributed by atoms with Gasteiger partial charge in [-0.2, -0.15) is 0 Å². The van der Waals surface area contributed by atoms with Gasteiger partial charge in [-0.1, -0.05) is 23.7 Å². The molecule has 1 rings (SSSR count). The van der Waals surface area contributed by atoms with Crippen LogP contribution in [0.15, 0.2) is 18.2 Å². The topological polar surface area (TPSA) is 37.3 Å². The van der Waals surface area contributed by atoms with Crippen molar-refractivity contribution in [2.45, 2.75) is 26.4 Å². The predicted octanol–water partition coefficient (Wildman–Crippen LogP) is 2.35. The number of halogens is 1. The van der Waals surface area contributed by atoms with Crippen LogP contribution in [0.3, 0.4) is 0 Å². The molecule has 0 bridgehead atoms. The summed E-state index contributed by atoms with van der Waals surface area (Å²) >= 11 is 5.83. The third kappa shape index (κ3) is 3.13. The monoisotopic (exact) mass is 212 g/mol. The third-order valence-electron chi connectivity index (χ3n) is 2.05. The van der Waals surface area contributed by atoms with Crippen LogP contribution in [-0.2, 0) is 17.8 Å².